The Hall–Kier alpha value is -1.35. The molecule has 5 unspecified atom stereocenters. The molecule has 0 aromatic heterocycles. The van der Waals surface area contributed by atoms with Gasteiger partial charge in [-0.1, -0.05) is 46.3 Å². The van der Waals surface area contributed by atoms with Crippen molar-refractivity contribution in [2.45, 2.75) is 204 Å². The van der Waals surface area contributed by atoms with E-state index in [1.165, 1.54) is 25.3 Å². The average Bonchev–Trinajstić information content (AvgIpc) is 3.81. The Morgan fingerprint density at radius 2 is 1.51 bits per heavy atom. The van der Waals surface area contributed by atoms with Gasteiger partial charge < -0.3 is 73.3 Å². The summed E-state index contributed by atoms with van der Waals surface area (Å²) >= 11 is 0. The number of carbonyl (C=O) groups excluding carboxylic acids is 1. The standard InChI is InChI=1S/C47H74O16/c1-21-10-15-47(56-19-21)23(3)34-31(63-47)17-30-28-9-8-26-16-27(11-13-45(26,6)29(28)12-14-46(30,34)7)58-44-41(62-42-37(52)35(50)22(2)24(4)57-42)39(54)40(32(18-48)59-44)61-43-38(53)36(51)33(60-43)20-55-25(5)49/h8,21-24,27-44,48,50-54H,9-20H2,1-7H3/t21-,22+,23+,24+,27+,28?,29?,30?,31?,32-,33+,34?,35-,36+,37-,38-,39+,40-,41-,42+,43+,44-,45+,46+,47-/m1/s1. The van der Waals surface area contributed by atoms with Gasteiger partial charge in [-0.2, -0.15) is 0 Å². The maximum absolute atomic E-state index is 12.1. The summed E-state index contributed by atoms with van der Waals surface area (Å²) in [5.41, 5.74) is 1.57. The number of hydrogen-bond donors (Lipinski definition) is 6. The molecule has 25 atom stereocenters. The summed E-state index contributed by atoms with van der Waals surface area (Å²) in [5.74, 6) is 1.68. The lowest BCUT2D eigenvalue weighted by Crippen LogP contribution is -2.65. The summed E-state index contributed by atoms with van der Waals surface area (Å²) in [6.45, 7) is 14.2. The Bertz CT molecular complexity index is 1670. The fourth-order valence-corrected chi connectivity index (χ4v) is 14.2. The lowest BCUT2D eigenvalue weighted by atomic mass is 9.47. The first-order chi connectivity index (χ1) is 29.9. The minimum absolute atomic E-state index is 0.00343. The van der Waals surface area contributed by atoms with E-state index >= 15 is 0 Å². The summed E-state index contributed by atoms with van der Waals surface area (Å²) in [5, 5.41) is 66.2. The molecule has 3 saturated carbocycles. The van der Waals surface area contributed by atoms with Crippen LogP contribution in [0.4, 0.5) is 0 Å². The van der Waals surface area contributed by atoms with E-state index in [9.17, 15) is 35.4 Å². The summed E-state index contributed by atoms with van der Waals surface area (Å²) in [4.78, 5) is 11.4. The second-order valence-corrected chi connectivity index (χ2v) is 21.6. The number of aliphatic hydroxyl groups excluding tert-OH is 6. The minimum atomic E-state index is -1.61. The van der Waals surface area contributed by atoms with E-state index in [0.717, 1.165) is 38.7 Å². The predicted octanol–water partition coefficient (Wildman–Crippen LogP) is 2.70. The van der Waals surface area contributed by atoms with Crippen LogP contribution in [-0.4, -0.2) is 154 Å². The van der Waals surface area contributed by atoms with E-state index in [-0.39, 0.29) is 29.6 Å². The molecule has 1 spiro atoms. The van der Waals surface area contributed by atoms with E-state index in [0.29, 0.717) is 48.3 Å². The second-order valence-electron chi connectivity index (χ2n) is 21.6. The van der Waals surface area contributed by atoms with Crippen LogP contribution in [0.25, 0.3) is 0 Å². The largest absolute Gasteiger partial charge is 0.463 e. The van der Waals surface area contributed by atoms with Crippen molar-refractivity contribution in [2.75, 3.05) is 19.8 Å². The lowest BCUT2D eigenvalue weighted by Gasteiger charge is -2.58. The molecule has 0 aromatic carbocycles. The molecule has 0 radical (unpaired) electrons. The molecule has 8 fully saturated rings. The molecule has 358 valence electrons. The molecule has 0 aromatic rings. The van der Waals surface area contributed by atoms with Crippen LogP contribution in [0.3, 0.4) is 0 Å². The van der Waals surface area contributed by atoms with Crippen molar-refractivity contribution >= 4 is 5.97 Å². The maximum atomic E-state index is 12.1. The molecule has 16 heteroatoms. The second kappa shape index (κ2) is 17.6. The highest BCUT2D eigenvalue weighted by atomic mass is 16.8. The van der Waals surface area contributed by atoms with Crippen LogP contribution < -0.4 is 0 Å². The van der Waals surface area contributed by atoms with Crippen LogP contribution in [0.2, 0.25) is 0 Å². The average molecular weight is 895 g/mol. The van der Waals surface area contributed by atoms with Gasteiger partial charge in [0.1, 0.15) is 55.4 Å². The van der Waals surface area contributed by atoms with Crippen LogP contribution in [0.5, 0.6) is 0 Å². The molecule has 9 aliphatic rings. The van der Waals surface area contributed by atoms with Crippen molar-refractivity contribution < 1.29 is 78.1 Å². The molecule has 9 rings (SSSR count). The molecule has 5 saturated heterocycles. The number of allylic oxidation sites excluding steroid dienone is 1. The van der Waals surface area contributed by atoms with E-state index in [1.54, 1.807) is 13.8 Å². The quantitative estimate of drug-likeness (QED) is 0.145. The number of hydrogen-bond acceptors (Lipinski definition) is 16. The predicted molar refractivity (Wildman–Crippen MR) is 221 cm³/mol. The molecular formula is C47H74O16. The van der Waals surface area contributed by atoms with Crippen LogP contribution in [0, 0.1) is 52.3 Å². The number of ether oxygens (including phenoxy) is 9. The van der Waals surface area contributed by atoms with Crippen LogP contribution in [-0.2, 0) is 47.4 Å². The fourth-order valence-electron chi connectivity index (χ4n) is 14.2. The minimum Gasteiger partial charge on any atom is -0.463 e. The number of esters is 1. The molecular weight excluding hydrogens is 821 g/mol. The molecule has 0 amide bonds. The third-order valence-corrected chi connectivity index (χ3v) is 18.1. The van der Waals surface area contributed by atoms with E-state index < -0.39 is 104 Å². The number of carbonyl (C=O) groups is 1. The first-order valence-electron chi connectivity index (χ1n) is 24.0. The van der Waals surface area contributed by atoms with Gasteiger partial charge in [0.2, 0.25) is 0 Å². The Morgan fingerprint density at radius 3 is 2.22 bits per heavy atom. The van der Waals surface area contributed by atoms with Crippen molar-refractivity contribution in [1.29, 1.82) is 0 Å². The molecule has 6 N–H and O–H groups in total. The van der Waals surface area contributed by atoms with Gasteiger partial charge in [0.15, 0.2) is 24.7 Å². The van der Waals surface area contributed by atoms with Gasteiger partial charge in [0.25, 0.3) is 0 Å². The smallest absolute Gasteiger partial charge is 0.302 e. The zero-order valence-corrected chi connectivity index (χ0v) is 38.0. The van der Waals surface area contributed by atoms with Crippen molar-refractivity contribution in [3.05, 3.63) is 11.6 Å². The first-order valence-corrected chi connectivity index (χ1v) is 24.0. The molecule has 5 heterocycles. The molecule has 63 heavy (non-hydrogen) atoms. The Morgan fingerprint density at radius 1 is 0.794 bits per heavy atom. The monoisotopic (exact) mass is 894 g/mol. The zero-order chi connectivity index (χ0) is 44.9. The summed E-state index contributed by atoms with van der Waals surface area (Å²) in [7, 11) is 0. The normalized spacial score (nSPS) is 55.4. The highest BCUT2D eigenvalue weighted by Crippen LogP contribution is 2.70. The number of rotatable bonds is 9. The first kappa shape index (κ1) is 46.7. The fraction of sp³-hybridized carbons (Fsp3) is 0.936. The van der Waals surface area contributed by atoms with Crippen LogP contribution in [0.15, 0.2) is 11.6 Å². The Balaban J connectivity index is 0.907. The summed E-state index contributed by atoms with van der Waals surface area (Å²) in [6, 6.07) is 0. The molecule has 0 bridgehead atoms. The van der Waals surface area contributed by atoms with Crippen molar-refractivity contribution in [3.63, 3.8) is 0 Å². The van der Waals surface area contributed by atoms with E-state index in [4.69, 9.17) is 42.6 Å². The van der Waals surface area contributed by atoms with Gasteiger partial charge in [-0.25, -0.2) is 0 Å². The van der Waals surface area contributed by atoms with Gasteiger partial charge >= 0.3 is 5.97 Å². The highest BCUT2D eigenvalue weighted by Gasteiger charge is 2.69. The number of fused-ring (bicyclic) bond motifs is 7. The van der Waals surface area contributed by atoms with E-state index in [2.05, 4.69) is 33.8 Å². The molecule has 16 nitrogen and oxygen atoms in total. The number of aliphatic hydroxyl groups is 6. The van der Waals surface area contributed by atoms with E-state index in [1.807, 2.05) is 0 Å². The van der Waals surface area contributed by atoms with Gasteiger partial charge in [0.05, 0.1) is 37.6 Å². The molecule has 5 aliphatic heterocycles. The third kappa shape index (κ3) is 7.98. The van der Waals surface area contributed by atoms with Gasteiger partial charge in [-0.3, -0.25) is 4.79 Å². The SMILES string of the molecule is CC(=O)OC[C@@H]1O[C@@H](O[C@H]2[C@H](O)[C@@H](O[C@@H]3O[C@@H](C)[C@H](C)[C@@H](O)[C@H]3O)[C@H](O[C@H]3CC[C@@]4(C)C(=CCC5C6CC7O[C@]8(CC[C@@H](C)CO8)[C@@H](C)C7[C@@]6(C)CCC54)C3)O[C@@H]2CO)[C@H](O)[C@H]1O. The van der Waals surface area contributed by atoms with Crippen molar-refractivity contribution in [1.82, 2.24) is 0 Å². The van der Waals surface area contributed by atoms with Crippen LogP contribution >= 0.6 is 0 Å². The lowest BCUT2D eigenvalue weighted by molar-refractivity contribution is -0.378. The van der Waals surface area contributed by atoms with Crippen molar-refractivity contribution in [2.24, 2.45) is 52.3 Å². The maximum Gasteiger partial charge on any atom is 0.302 e. The molecule has 4 aliphatic carbocycles. The Labute approximate surface area is 371 Å². The van der Waals surface area contributed by atoms with Gasteiger partial charge in [-0.15, -0.1) is 0 Å². The summed E-state index contributed by atoms with van der Waals surface area (Å²) < 4.78 is 55.7. The summed E-state index contributed by atoms with van der Waals surface area (Å²) in [6.07, 6.45) is -5.86. The topological polar surface area (TPSA) is 222 Å². The van der Waals surface area contributed by atoms with Gasteiger partial charge in [0, 0.05) is 25.2 Å². The van der Waals surface area contributed by atoms with Crippen LogP contribution in [0.1, 0.15) is 106 Å². The Kier molecular flexibility index (Phi) is 13.1. The zero-order valence-electron chi connectivity index (χ0n) is 38.0. The van der Waals surface area contributed by atoms with Crippen molar-refractivity contribution in [3.8, 4) is 0 Å². The third-order valence-electron chi connectivity index (χ3n) is 18.1. The highest BCUT2D eigenvalue weighted by molar-refractivity contribution is 5.65. The van der Waals surface area contributed by atoms with Gasteiger partial charge in [-0.05, 0) is 98.7 Å².